The lowest BCUT2D eigenvalue weighted by Crippen LogP contribution is -2.46. The van der Waals surface area contributed by atoms with E-state index in [2.05, 4.69) is 88.0 Å². The van der Waals surface area contributed by atoms with Crippen molar-refractivity contribution in [2.75, 3.05) is 26.7 Å². The summed E-state index contributed by atoms with van der Waals surface area (Å²) in [6, 6.07) is 18.6. The van der Waals surface area contributed by atoms with E-state index in [4.69, 9.17) is 0 Å². The monoisotopic (exact) mass is 450 g/mol. The van der Waals surface area contributed by atoms with Crippen LogP contribution in [-0.2, 0) is 12.8 Å². The Balaban J connectivity index is 1.23. The van der Waals surface area contributed by atoms with Crippen LogP contribution in [0.1, 0.15) is 47.4 Å². The highest BCUT2D eigenvalue weighted by molar-refractivity contribution is 5.86. The second kappa shape index (κ2) is 7.86. The van der Waals surface area contributed by atoms with Crippen molar-refractivity contribution in [3.05, 3.63) is 83.7 Å². The molecule has 0 bridgehead atoms. The molecule has 0 unspecified atom stereocenters. The van der Waals surface area contributed by atoms with E-state index in [0.29, 0.717) is 23.9 Å². The van der Waals surface area contributed by atoms with E-state index in [1.165, 1.54) is 46.0 Å². The molecule has 5 heterocycles. The maximum Gasteiger partial charge on any atom is 0.0504 e. The first-order chi connectivity index (χ1) is 16.7. The maximum atomic E-state index is 4.29. The van der Waals surface area contributed by atoms with Crippen LogP contribution < -0.4 is 0 Å². The molecule has 174 valence electrons. The summed E-state index contributed by atoms with van der Waals surface area (Å²) in [5, 5.41) is 2.84. The summed E-state index contributed by atoms with van der Waals surface area (Å²) in [4.78, 5) is 13.0. The van der Waals surface area contributed by atoms with Gasteiger partial charge in [-0.3, -0.25) is 9.80 Å². The number of hydrogen-bond acceptors (Lipinski definition) is 2. The topological polar surface area (TPSA) is 38.1 Å². The minimum absolute atomic E-state index is 0.445. The lowest BCUT2D eigenvalue weighted by molar-refractivity contribution is 0.0515. The number of likely N-dealkylation sites (N-methyl/N-ethyl adjacent to an activating group) is 1. The Kier molecular flexibility index (Phi) is 4.75. The zero-order valence-electron chi connectivity index (χ0n) is 20.1. The molecule has 4 atom stereocenters. The number of H-pyrrole nitrogens is 2. The van der Waals surface area contributed by atoms with Crippen molar-refractivity contribution in [1.82, 2.24) is 19.8 Å². The number of para-hydroxylation sites is 2. The molecule has 34 heavy (non-hydrogen) atoms. The van der Waals surface area contributed by atoms with Crippen LogP contribution in [0.5, 0.6) is 0 Å². The van der Waals surface area contributed by atoms with Crippen LogP contribution >= 0.6 is 0 Å². The predicted molar refractivity (Wildman–Crippen MR) is 140 cm³/mol. The number of aromatic amines is 2. The minimum Gasteiger partial charge on any atom is -0.357 e. The molecular weight excluding hydrogens is 416 g/mol. The number of benzene rings is 2. The van der Waals surface area contributed by atoms with Crippen LogP contribution in [0.2, 0.25) is 0 Å². The van der Waals surface area contributed by atoms with Gasteiger partial charge in [0, 0.05) is 52.8 Å². The standard InChI is InChI=1S/C30H34N4/c1-3-19-18-34-15-13-24-22-9-5-7-11-26(22)32-30(24)28(34)17-20(19)16-27-29-23(12-14-33(27)2)21-8-4-6-10-25(21)31-29/h3-11,19-20,27-28,31-32H,1,12-18H2,2H3/t19-,20+,27+,28+/m1/s1. The molecule has 0 saturated carbocycles. The van der Waals surface area contributed by atoms with Gasteiger partial charge in [0.2, 0.25) is 0 Å². The fourth-order valence-electron chi connectivity index (χ4n) is 7.30. The summed E-state index contributed by atoms with van der Waals surface area (Å²) in [5.41, 5.74) is 8.62. The lowest BCUT2D eigenvalue weighted by atomic mass is 9.74. The van der Waals surface area contributed by atoms with Gasteiger partial charge in [-0.2, -0.15) is 0 Å². The molecule has 3 aliphatic heterocycles. The van der Waals surface area contributed by atoms with Crippen molar-refractivity contribution in [2.24, 2.45) is 11.8 Å². The smallest absolute Gasteiger partial charge is 0.0504 e. The summed E-state index contributed by atoms with van der Waals surface area (Å²) >= 11 is 0. The maximum absolute atomic E-state index is 4.29. The van der Waals surface area contributed by atoms with Gasteiger partial charge in [0.15, 0.2) is 0 Å². The average Bonchev–Trinajstić information content (AvgIpc) is 3.44. The number of rotatable bonds is 3. The van der Waals surface area contributed by atoms with Crippen molar-refractivity contribution < 1.29 is 0 Å². The molecule has 4 nitrogen and oxygen atoms in total. The van der Waals surface area contributed by atoms with Gasteiger partial charge >= 0.3 is 0 Å². The summed E-state index contributed by atoms with van der Waals surface area (Å²) in [7, 11) is 2.31. The fourth-order valence-corrected chi connectivity index (χ4v) is 7.30. The van der Waals surface area contributed by atoms with Crippen LogP contribution in [0.3, 0.4) is 0 Å². The normalized spacial score (nSPS) is 27.4. The molecule has 0 aliphatic carbocycles. The Hall–Kier alpha value is -2.82. The highest BCUT2D eigenvalue weighted by Gasteiger charge is 2.41. The Labute approximate surface area is 201 Å². The Morgan fingerprint density at radius 1 is 0.912 bits per heavy atom. The third-order valence-electron chi connectivity index (χ3n) is 9.10. The fraction of sp³-hybridized carbons (Fsp3) is 0.400. The van der Waals surface area contributed by atoms with E-state index in [1.807, 2.05) is 0 Å². The zero-order valence-corrected chi connectivity index (χ0v) is 20.1. The van der Waals surface area contributed by atoms with Crippen molar-refractivity contribution in [1.29, 1.82) is 0 Å². The van der Waals surface area contributed by atoms with E-state index in [-0.39, 0.29) is 0 Å². The van der Waals surface area contributed by atoms with Gasteiger partial charge < -0.3 is 9.97 Å². The predicted octanol–water partition coefficient (Wildman–Crippen LogP) is 5.99. The number of nitrogens with zero attached hydrogens (tertiary/aromatic N) is 2. The highest BCUT2D eigenvalue weighted by Crippen LogP contribution is 2.47. The summed E-state index contributed by atoms with van der Waals surface area (Å²) in [6.07, 6.45) is 6.92. The van der Waals surface area contributed by atoms with E-state index >= 15 is 0 Å². The Morgan fingerprint density at radius 2 is 1.56 bits per heavy atom. The second-order valence-corrected chi connectivity index (χ2v) is 10.8. The molecule has 1 saturated heterocycles. The minimum atomic E-state index is 0.445. The largest absolute Gasteiger partial charge is 0.357 e. The summed E-state index contributed by atoms with van der Waals surface area (Å²) in [6.45, 7) is 7.71. The van der Waals surface area contributed by atoms with E-state index in [0.717, 1.165) is 32.5 Å². The molecule has 0 radical (unpaired) electrons. The number of aromatic nitrogens is 2. The highest BCUT2D eigenvalue weighted by atomic mass is 15.2. The summed E-state index contributed by atoms with van der Waals surface area (Å²) in [5.74, 6) is 1.17. The van der Waals surface area contributed by atoms with E-state index < -0.39 is 0 Å². The van der Waals surface area contributed by atoms with Gasteiger partial charge in [-0.15, -0.1) is 6.58 Å². The van der Waals surface area contributed by atoms with Crippen molar-refractivity contribution in [3.63, 3.8) is 0 Å². The van der Waals surface area contributed by atoms with Crippen molar-refractivity contribution in [3.8, 4) is 0 Å². The molecule has 2 N–H and O–H groups in total. The molecule has 1 fully saturated rings. The molecule has 2 aromatic heterocycles. The third kappa shape index (κ3) is 3.05. The lowest BCUT2D eigenvalue weighted by Gasteiger charge is -2.47. The molecule has 0 spiro atoms. The average molecular weight is 451 g/mol. The molecule has 0 amide bonds. The molecular formula is C30H34N4. The van der Waals surface area contributed by atoms with Gasteiger partial charge in [0.05, 0.1) is 12.1 Å². The van der Waals surface area contributed by atoms with Crippen molar-refractivity contribution in [2.45, 2.75) is 37.8 Å². The molecule has 7 rings (SSSR count). The first-order valence-corrected chi connectivity index (χ1v) is 13.0. The molecule has 3 aliphatic rings. The SMILES string of the molecule is C=C[C@@H]1CN2CCc3c([nH]c4ccccc34)[C@@H]2C[C@@H]1C[C@H]1c2[nH]c3ccccc3c2CCN1C. The van der Waals surface area contributed by atoms with Crippen LogP contribution in [0.25, 0.3) is 21.8 Å². The van der Waals surface area contributed by atoms with Gasteiger partial charge in [0.25, 0.3) is 0 Å². The third-order valence-corrected chi connectivity index (χ3v) is 9.10. The number of piperidine rings is 1. The van der Waals surface area contributed by atoms with E-state index in [9.17, 15) is 0 Å². The number of nitrogens with one attached hydrogen (secondary N) is 2. The van der Waals surface area contributed by atoms with Gasteiger partial charge in [0.1, 0.15) is 0 Å². The van der Waals surface area contributed by atoms with Crippen LogP contribution in [0.4, 0.5) is 0 Å². The molecule has 2 aromatic carbocycles. The molecule has 4 aromatic rings. The zero-order chi connectivity index (χ0) is 22.8. The van der Waals surface area contributed by atoms with Crippen LogP contribution in [0, 0.1) is 11.8 Å². The van der Waals surface area contributed by atoms with Crippen LogP contribution in [0.15, 0.2) is 61.2 Å². The Morgan fingerprint density at radius 3 is 2.29 bits per heavy atom. The Bertz CT molecular complexity index is 1380. The van der Waals surface area contributed by atoms with Crippen LogP contribution in [-0.4, -0.2) is 46.4 Å². The van der Waals surface area contributed by atoms with Gasteiger partial charge in [-0.1, -0.05) is 42.5 Å². The first kappa shape index (κ1) is 20.5. The van der Waals surface area contributed by atoms with E-state index in [1.54, 1.807) is 11.1 Å². The van der Waals surface area contributed by atoms with Crippen molar-refractivity contribution >= 4 is 21.8 Å². The second-order valence-electron chi connectivity index (χ2n) is 10.8. The molecule has 4 heteroatoms. The van der Waals surface area contributed by atoms with Gasteiger partial charge in [-0.25, -0.2) is 0 Å². The summed E-state index contributed by atoms with van der Waals surface area (Å²) < 4.78 is 0. The quantitative estimate of drug-likeness (QED) is 0.376. The number of hydrogen-bond donors (Lipinski definition) is 2. The van der Waals surface area contributed by atoms with Gasteiger partial charge in [-0.05, 0) is 67.8 Å². The first-order valence-electron chi connectivity index (χ1n) is 13.0. The number of fused-ring (bicyclic) bond motifs is 8.